The van der Waals surface area contributed by atoms with Crippen LogP contribution >= 0.6 is 11.5 Å². The van der Waals surface area contributed by atoms with Gasteiger partial charge in [0.2, 0.25) is 0 Å². The number of hydrogen-bond donors (Lipinski definition) is 1. The van der Waals surface area contributed by atoms with Crippen molar-refractivity contribution < 1.29 is 8.42 Å². The third-order valence-electron chi connectivity index (χ3n) is 3.09. The summed E-state index contributed by atoms with van der Waals surface area (Å²) in [4.78, 5) is 0.101. The van der Waals surface area contributed by atoms with Gasteiger partial charge >= 0.3 is 0 Å². The molecule has 0 aliphatic heterocycles. The fraction of sp³-hybridized carbons (Fsp3) is 0. The Morgan fingerprint density at radius 3 is 2.30 bits per heavy atom. The molecule has 6 nitrogen and oxygen atoms in total. The van der Waals surface area contributed by atoms with E-state index in [2.05, 4.69) is 14.3 Å². The first-order chi connectivity index (χ1) is 11.1. The molecular weight excluding hydrogens is 332 g/mol. The quantitative estimate of drug-likeness (QED) is 0.786. The molecule has 0 unspecified atom stereocenters. The average molecular weight is 342 g/mol. The summed E-state index contributed by atoms with van der Waals surface area (Å²) < 4.78 is 30.9. The Kier molecular flexibility index (Phi) is 4.06. The van der Waals surface area contributed by atoms with Crippen molar-refractivity contribution in [3.63, 3.8) is 0 Å². The lowest BCUT2D eigenvalue weighted by Gasteiger charge is -2.08. The molecule has 0 aliphatic carbocycles. The third kappa shape index (κ3) is 3.36. The zero-order valence-corrected chi connectivity index (χ0v) is 13.3. The molecule has 0 fully saturated rings. The number of anilines is 1. The van der Waals surface area contributed by atoms with Crippen molar-refractivity contribution in [2.24, 2.45) is 0 Å². The van der Waals surface area contributed by atoms with Crippen molar-refractivity contribution in [1.82, 2.24) is 9.59 Å². The van der Waals surface area contributed by atoms with Crippen LogP contribution in [-0.2, 0) is 10.0 Å². The zero-order chi connectivity index (χ0) is 16.3. The predicted molar refractivity (Wildman–Crippen MR) is 87.3 cm³/mol. The third-order valence-corrected chi connectivity index (χ3v) is 4.99. The molecule has 0 bridgehead atoms. The van der Waals surface area contributed by atoms with Crippen LogP contribution in [0.3, 0.4) is 0 Å². The lowest BCUT2D eigenvalue weighted by Crippen LogP contribution is -2.12. The SMILES string of the molecule is N#Cc1ccc(S(=O)(=O)Nc2ccc(-c3csnn3)cc2)cc1. The Labute approximate surface area is 137 Å². The van der Waals surface area contributed by atoms with Gasteiger partial charge in [-0.3, -0.25) is 4.72 Å². The van der Waals surface area contributed by atoms with E-state index in [0.29, 0.717) is 11.3 Å². The van der Waals surface area contributed by atoms with Crippen molar-refractivity contribution >= 4 is 27.2 Å². The fourth-order valence-corrected chi connectivity index (χ4v) is 3.45. The molecule has 0 amide bonds. The van der Waals surface area contributed by atoms with E-state index >= 15 is 0 Å². The number of rotatable bonds is 4. The van der Waals surface area contributed by atoms with E-state index in [1.807, 2.05) is 11.4 Å². The Balaban J connectivity index is 1.81. The van der Waals surface area contributed by atoms with Gasteiger partial charge in [-0.25, -0.2) is 8.42 Å². The molecule has 0 saturated carbocycles. The summed E-state index contributed by atoms with van der Waals surface area (Å²) in [5, 5.41) is 14.5. The van der Waals surface area contributed by atoms with E-state index < -0.39 is 10.0 Å². The number of nitriles is 1. The largest absolute Gasteiger partial charge is 0.280 e. The second-order valence-electron chi connectivity index (χ2n) is 4.61. The Hall–Kier alpha value is -2.76. The van der Waals surface area contributed by atoms with Crippen molar-refractivity contribution in [1.29, 1.82) is 5.26 Å². The molecule has 0 atom stereocenters. The molecular formula is C15H10N4O2S2. The molecule has 3 aromatic rings. The molecule has 0 aliphatic rings. The predicted octanol–water partition coefficient (Wildman–Crippen LogP) is 2.88. The molecule has 1 N–H and O–H groups in total. The Morgan fingerprint density at radius 2 is 1.74 bits per heavy atom. The first-order valence-electron chi connectivity index (χ1n) is 6.49. The normalized spacial score (nSPS) is 10.9. The van der Waals surface area contributed by atoms with Crippen LogP contribution in [0.1, 0.15) is 5.56 Å². The van der Waals surface area contributed by atoms with Crippen molar-refractivity contribution in [3.05, 3.63) is 59.5 Å². The number of sulfonamides is 1. The maximum atomic E-state index is 12.3. The highest BCUT2D eigenvalue weighted by molar-refractivity contribution is 7.92. The average Bonchev–Trinajstić information content (AvgIpc) is 3.10. The minimum absolute atomic E-state index is 0.101. The van der Waals surface area contributed by atoms with Crippen molar-refractivity contribution in [2.45, 2.75) is 4.90 Å². The highest BCUT2D eigenvalue weighted by Gasteiger charge is 2.14. The van der Waals surface area contributed by atoms with Gasteiger partial charge in [0, 0.05) is 16.6 Å². The van der Waals surface area contributed by atoms with Crippen LogP contribution in [0.25, 0.3) is 11.3 Å². The van der Waals surface area contributed by atoms with Crippen LogP contribution < -0.4 is 4.72 Å². The molecule has 3 rings (SSSR count). The van der Waals surface area contributed by atoms with Crippen molar-refractivity contribution in [3.8, 4) is 17.3 Å². The van der Waals surface area contributed by atoms with Gasteiger partial charge in [0.1, 0.15) is 5.69 Å². The molecule has 2 aromatic carbocycles. The molecule has 0 radical (unpaired) electrons. The second kappa shape index (κ2) is 6.16. The van der Waals surface area contributed by atoms with E-state index in [1.165, 1.54) is 35.8 Å². The van der Waals surface area contributed by atoms with E-state index in [0.717, 1.165) is 11.3 Å². The first kappa shape index (κ1) is 15.1. The van der Waals surface area contributed by atoms with Gasteiger partial charge < -0.3 is 0 Å². The van der Waals surface area contributed by atoms with Crippen LogP contribution in [0, 0.1) is 11.3 Å². The maximum Gasteiger partial charge on any atom is 0.261 e. The summed E-state index contributed by atoms with van der Waals surface area (Å²) in [6, 6.07) is 14.5. The first-order valence-corrected chi connectivity index (χ1v) is 8.81. The maximum absolute atomic E-state index is 12.3. The monoisotopic (exact) mass is 342 g/mol. The van der Waals surface area contributed by atoms with Crippen molar-refractivity contribution in [2.75, 3.05) is 4.72 Å². The van der Waals surface area contributed by atoms with Crippen LogP contribution in [-0.4, -0.2) is 18.0 Å². The molecule has 8 heteroatoms. The highest BCUT2D eigenvalue weighted by atomic mass is 32.2. The lowest BCUT2D eigenvalue weighted by atomic mass is 10.2. The number of benzene rings is 2. The van der Waals surface area contributed by atoms with E-state index in [9.17, 15) is 8.42 Å². The van der Waals surface area contributed by atoms with Gasteiger partial charge in [0.15, 0.2) is 0 Å². The summed E-state index contributed by atoms with van der Waals surface area (Å²) in [5.74, 6) is 0. The van der Waals surface area contributed by atoms with Gasteiger partial charge in [0.25, 0.3) is 10.0 Å². The summed E-state index contributed by atoms with van der Waals surface area (Å²) in [6.45, 7) is 0. The van der Waals surface area contributed by atoms with Gasteiger partial charge in [-0.2, -0.15) is 5.26 Å². The fourth-order valence-electron chi connectivity index (χ4n) is 1.92. The summed E-state index contributed by atoms with van der Waals surface area (Å²) in [6.07, 6.45) is 0. The number of nitrogens with one attached hydrogen (secondary N) is 1. The van der Waals surface area contributed by atoms with Gasteiger partial charge in [-0.05, 0) is 47.9 Å². The smallest absolute Gasteiger partial charge is 0.261 e. The second-order valence-corrected chi connectivity index (χ2v) is 6.90. The highest BCUT2D eigenvalue weighted by Crippen LogP contribution is 2.22. The number of hydrogen-bond acceptors (Lipinski definition) is 6. The molecule has 0 saturated heterocycles. The number of aromatic nitrogens is 2. The molecule has 114 valence electrons. The van der Waals surface area contributed by atoms with Crippen LogP contribution in [0.2, 0.25) is 0 Å². The minimum atomic E-state index is -3.69. The van der Waals surface area contributed by atoms with Gasteiger partial charge in [0.05, 0.1) is 16.5 Å². The molecule has 1 aromatic heterocycles. The minimum Gasteiger partial charge on any atom is -0.280 e. The van der Waals surface area contributed by atoms with Crippen LogP contribution in [0.15, 0.2) is 58.8 Å². The summed E-state index contributed by atoms with van der Waals surface area (Å²) >= 11 is 1.25. The summed E-state index contributed by atoms with van der Waals surface area (Å²) in [5.41, 5.74) is 2.46. The summed E-state index contributed by atoms with van der Waals surface area (Å²) in [7, 11) is -3.69. The molecule has 23 heavy (non-hydrogen) atoms. The zero-order valence-electron chi connectivity index (χ0n) is 11.7. The van der Waals surface area contributed by atoms with E-state index in [1.54, 1.807) is 24.3 Å². The van der Waals surface area contributed by atoms with Crippen LogP contribution in [0.4, 0.5) is 5.69 Å². The molecule has 0 spiro atoms. The topological polar surface area (TPSA) is 95.7 Å². The van der Waals surface area contributed by atoms with Crippen LogP contribution in [0.5, 0.6) is 0 Å². The molecule has 1 heterocycles. The Bertz CT molecular complexity index is 942. The lowest BCUT2D eigenvalue weighted by molar-refractivity contribution is 0.601. The van der Waals surface area contributed by atoms with Gasteiger partial charge in [-0.15, -0.1) is 5.10 Å². The van der Waals surface area contributed by atoms with Gasteiger partial charge in [-0.1, -0.05) is 16.6 Å². The van der Waals surface area contributed by atoms with E-state index in [4.69, 9.17) is 5.26 Å². The van der Waals surface area contributed by atoms with E-state index in [-0.39, 0.29) is 4.90 Å². The number of nitrogens with zero attached hydrogens (tertiary/aromatic N) is 3. The standard InChI is InChI=1S/C15H10N4O2S2/c16-9-11-1-7-14(8-2-11)23(20,21)18-13-5-3-12(4-6-13)15-10-22-19-17-15/h1-8,10,18H. The Morgan fingerprint density at radius 1 is 1.04 bits per heavy atom.